The summed E-state index contributed by atoms with van der Waals surface area (Å²) in [5.74, 6) is 0.765. The fourth-order valence-electron chi connectivity index (χ4n) is 4.80. The van der Waals surface area contributed by atoms with Gasteiger partial charge in [0.1, 0.15) is 5.25 Å². The van der Waals surface area contributed by atoms with Gasteiger partial charge >= 0.3 is 0 Å². The van der Waals surface area contributed by atoms with E-state index >= 15 is 0 Å². The Kier molecular flexibility index (Phi) is 7.50. The van der Waals surface area contributed by atoms with Crippen LogP contribution in [0.4, 0.5) is 0 Å². The first-order valence-electron chi connectivity index (χ1n) is 11.2. The third-order valence-corrected chi connectivity index (χ3v) is 9.17. The van der Waals surface area contributed by atoms with E-state index in [2.05, 4.69) is 47.7 Å². The summed E-state index contributed by atoms with van der Waals surface area (Å²) in [6.45, 7) is 2.36. The number of aromatic hydroxyl groups is 1. The van der Waals surface area contributed by atoms with E-state index < -0.39 is 15.1 Å². The summed E-state index contributed by atoms with van der Waals surface area (Å²) >= 11 is 2.10. The Morgan fingerprint density at radius 1 is 1.27 bits per heavy atom. The van der Waals surface area contributed by atoms with Crippen LogP contribution < -0.4 is 4.74 Å². The largest absolute Gasteiger partial charge is 0.504 e. The van der Waals surface area contributed by atoms with Crippen LogP contribution in [0.15, 0.2) is 53.6 Å². The maximum atomic E-state index is 12.6. The molecule has 4 rings (SSSR count). The lowest BCUT2D eigenvalue weighted by Gasteiger charge is -2.16. The van der Waals surface area contributed by atoms with Gasteiger partial charge in [-0.05, 0) is 76.3 Å². The monoisotopic (exact) mass is 580 g/mol. The molecule has 2 aliphatic heterocycles. The molecule has 33 heavy (non-hydrogen) atoms. The smallest absolute Gasteiger partial charge is 0.171 e. The molecule has 0 aliphatic carbocycles. The van der Waals surface area contributed by atoms with E-state index in [0.717, 1.165) is 57.1 Å². The number of sulfone groups is 1. The van der Waals surface area contributed by atoms with Crippen LogP contribution in [0.5, 0.6) is 11.5 Å². The zero-order valence-electron chi connectivity index (χ0n) is 18.9. The SMILES string of the molecule is CCCC1=C2[C@@H](CC/C(=C/c3cc(I)c(O)c(OC)c3)c3ccccc3)OC[C@@H]2S(=O)(=O)C1. The van der Waals surface area contributed by atoms with Crippen LogP contribution in [-0.2, 0) is 14.6 Å². The van der Waals surface area contributed by atoms with Crippen molar-refractivity contribution in [3.63, 3.8) is 0 Å². The van der Waals surface area contributed by atoms with Gasteiger partial charge in [0.2, 0.25) is 0 Å². The lowest BCUT2D eigenvalue weighted by Crippen LogP contribution is -2.19. The highest BCUT2D eigenvalue weighted by Gasteiger charge is 2.46. The van der Waals surface area contributed by atoms with Crippen molar-refractivity contribution in [2.75, 3.05) is 19.5 Å². The number of allylic oxidation sites excluding steroid dienone is 1. The van der Waals surface area contributed by atoms with Crippen molar-refractivity contribution in [1.82, 2.24) is 0 Å². The van der Waals surface area contributed by atoms with Crippen molar-refractivity contribution in [2.24, 2.45) is 0 Å². The van der Waals surface area contributed by atoms with Crippen molar-refractivity contribution in [2.45, 2.75) is 44.0 Å². The van der Waals surface area contributed by atoms with E-state index in [1.165, 1.54) is 0 Å². The molecule has 1 saturated heterocycles. The van der Waals surface area contributed by atoms with Crippen molar-refractivity contribution >= 4 is 44.1 Å². The molecule has 5 nitrogen and oxygen atoms in total. The fraction of sp³-hybridized carbons (Fsp3) is 0.385. The summed E-state index contributed by atoms with van der Waals surface area (Å²) in [7, 11) is -1.59. The van der Waals surface area contributed by atoms with Crippen LogP contribution in [0.25, 0.3) is 11.6 Å². The standard InChI is InChI=1S/C26H29IO5S/c1-3-7-20-16-33(29,30)24-15-32-22(25(20)24)11-10-19(18-8-5-4-6-9-18)12-17-13-21(27)26(28)23(14-17)31-2/h4-6,8-9,12-14,22,24,28H,3,7,10-11,15-16H2,1-2H3/b19-12-/t22-,24+/m1/s1. The summed E-state index contributed by atoms with van der Waals surface area (Å²) in [5, 5.41) is 9.73. The molecule has 0 unspecified atom stereocenters. The highest BCUT2D eigenvalue weighted by Crippen LogP contribution is 2.41. The van der Waals surface area contributed by atoms with Gasteiger partial charge in [0.15, 0.2) is 21.3 Å². The number of fused-ring (bicyclic) bond motifs is 1. The van der Waals surface area contributed by atoms with Crippen molar-refractivity contribution in [1.29, 1.82) is 0 Å². The van der Waals surface area contributed by atoms with Crippen molar-refractivity contribution in [3.8, 4) is 11.5 Å². The van der Waals surface area contributed by atoms with E-state index in [1.54, 1.807) is 7.11 Å². The minimum Gasteiger partial charge on any atom is -0.504 e. The lowest BCUT2D eigenvalue weighted by atomic mass is 9.92. The van der Waals surface area contributed by atoms with Crippen LogP contribution in [0.1, 0.15) is 43.7 Å². The van der Waals surface area contributed by atoms with E-state index in [9.17, 15) is 13.5 Å². The van der Waals surface area contributed by atoms with Gasteiger partial charge in [0.25, 0.3) is 0 Å². The Morgan fingerprint density at radius 3 is 2.73 bits per heavy atom. The van der Waals surface area contributed by atoms with Crippen LogP contribution in [0.2, 0.25) is 0 Å². The molecule has 0 aromatic heterocycles. The van der Waals surface area contributed by atoms with Crippen LogP contribution >= 0.6 is 22.6 Å². The van der Waals surface area contributed by atoms with E-state index in [1.807, 2.05) is 30.3 Å². The molecule has 2 aromatic rings. The molecule has 176 valence electrons. The Labute approximate surface area is 209 Å². The number of halogens is 1. The molecule has 0 bridgehead atoms. The van der Waals surface area contributed by atoms with Gasteiger partial charge in [-0.3, -0.25) is 0 Å². The molecule has 0 spiro atoms. The minimum absolute atomic E-state index is 0.139. The lowest BCUT2D eigenvalue weighted by molar-refractivity contribution is 0.118. The second-order valence-corrected chi connectivity index (χ2v) is 11.9. The third-order valence-electron chi connectivity index (χ3n) is 6.34. The number of hydrogen-bond donors (Lipinski definition) is 1. The minimum atomic E-state index is -3.14. The average molecular weight is 580 g/mol. The first-order chi connectivity index (χ1) is 15.8. The summed E-state index contributed by atoms with van der Waals surface area (Å²) in [4.78, 5) is 0. The van der Waals surface area contributed by atoms with Gasteiger partial charge in [-0.25, -0.2) is 8.42 Å². The number of ether oxygens (including phenoxy) is 2. The Hall–Kier alpha value is -1.84. The van der Waals surface area contributed by atoms with Gasteiger partial charge in [-0.1, -0.05) is 55.3 Å². The zero-order valence-corrected chi connectivity index (χ0v) is 21.9. The molecule has 0 saturated carbocycles. The average Bonchev–Trinajstić information content (AvgIpc) is 3.34. The molecule has 0 radical (unpaired) electrons. The molecule has 1 fully saturated rings. The molecule has 0 amide bonds. The summed E-state index contributed by atoms with van der Waals surface area (Å²) < 4.78 is 37.3. The quantitative estimate of drug-likeness (QED) is 0.250. The molecular formula is C26H29IO5S. The Bertz CT molecular complexity index is 1180. The molecule has 7 heteroatoms. The van der Waals surface area contributed by atoms with Crippen LogP contribution in [0, 0.1) is 3.57 Å². The van der Waals surface area contributed by atoms with E-state index in [0.29, 0.717) is 5.75 Å². The zero-order chi connectivity index (χ0) is 23.6. The van der Waals surface area contributed by atoms with Gasteiger partial charge in [-0.2, -0.15) is 0 Å². The predicted molar refractivity (Wildman–Crippen MR) is 140 cm³/mol. The predicted octanol–water partition coefficient (Wildman–Crippen LogP) is 5.62. The maximum Gasteiger partial charge on any atom is 0.171 e. The normalized spacial score (nSPS) is 22.0. The fourth-order valence-corrected chi connectivity index (χ4v) is 7.41. The summed E-state index contributed by atoms with van der Waals surface area (Å²) in [6, 6.07) is 13.9. The van der Waals surface area contributed by atoms with Gasteiger partial charge in [0, 0.05) is 0 Å². The summed E-state index contributed by atoms with van der Waals surface area (Å²) in [5.41, 5.74) is 5.26. The highest BCUT2D eigenvalue weighted by atomic mass is 127. The number of hydrogen-bond acceptors (Lipinski definition) is 5. The third kappa shape index (κ3) is 5.15. The number of methoxy groups -OCH3 is 1. The number of rotatable bonds is 8. The number of phenolic OH excluding ortho intramolecular Hbond substituents is 1. The van der Waals surface area contributed by atoms with Crippen LogP contribution in [-0.4, -0.2) is 44.3 Å². The van der Waals surface area contributed by atoms with Crippen molar-refractivity contribution < 1.29 is 23.0 Å². The topological polar surface area (TPSA) is 72.8 Å². The number of phenols is 1. The van der Waals surface area contributed by atoms with E-state index in [-0.39, 0.29) is 24.2 Å². The molecule has 2 heterocycles. The van der Waals surface area contributed by atoms with Gasteiger partial charge < -0.3 is 14.6 Å². The van der Waals surface area contributed by atoms with Crippen molar-refractivity contribution in [3.05, 3.63) is 68.3 Å². The molecular weight excluding hydrogens is 551 g/mol. The van der Waals surface area contributed by atoms with Crippen LogP contribution in [0.3, 0.4) is 0 Å². The first kappa shape index (κ1) is 24.3. The number of benzene rings is 2. The van der Waals surface area contributed by atoms with Gasteiger partial charge in [-0.15, -0.1) is 0 Å². The second kappa shape index (κ2) is 10.2. The van der Waals surface area contributed by atoms with Gasteiger partial charge in [0.05, 0.1) is 29.1 Å². The Morgan fingerprint density at radius 2 is 2.03 bits per heavy atom. The summed E-state index contributed by atoms with van der Waals surface area (Å²) in [6.07, 6.45) is 5.17. The molecule has 2 aliphatic rings. The Balaban J connectivity index is 1.64. The highest BCUT2D eigenvalue weighted by molar-refractivity contribution is 14.1. The molecule has 2 atom stereocenters. The molecule has 1 N–H and O–H groups in total. The second-order valence-electron chi connectivity index (χ2n) is 8.55. The molecule has 2 aromatic carbocycles. The first-order valence-corrected chi connectivity index (χ1v) is 14.0. The maximum absolute atomic E-state index is 12.6. The van der Waals surface area contributed by atoms with E-state index in [4.69, 9.17) is 9.47 Å².